The fourth-order valence-electron chi connectivity index (χ4n) is 3.44. The molecule has 0 amide bonds. The number of halogens is 1. The van der Waals surface area contributed by atoms with Crippen molar-refractivity contribution in [3.63, 3.8) is 0 Å². The van der Waals surface area contributed by atoms with E-state index in [0.29, 0.717) is 5.41 Å². The van der Waals surface area contributed by atoms with Crippen molar-refractivity contribution in [3.8, 4) is 11.1 Å². The van der Waals surface area contributed by atoms with E-state index in [4.69, 9.17) is 0 Å². The van der Waals surface area contributed by atoms with Crippen LogP contribution in [0.25, 0.3) is 11.1 Å². The maximum atomic E-state index is 3.57. The van der Waals surface area contributed by atoms with E-state index >= 15 is 0 Å². The Balaban J connectivity index is 2.16. The van der Waals surface area contributed by atoms with Gasteiger partial charge in [-0.05, 0) is 58.1 Å². The second-order valence-corrected chi connectivity index (χ2v) is 8.45. The summed E-state index contributed by atoms with van der Waals surface area (Å²) in [4.78, 5) is 0. The van der Waals surface area contributed by atoms with Gasteiger partial charge in [-0.2, -0.15) is 0 Å². The van der Waals surface area contributed by atoms with Gasteiger partial charge in [-0.15, -0.1) is 0 Å². The molecule has 0 aromatic heterocycles. The predicted octanol–water partition coefficient (Wildman–Crippen LogP) is 6.47. The molecule has 0 unspecified atom stereocenters. The molecule has 0 aliphatic heterocycles. The molecule has 2 aromatic carbocycles. The number of fused-ring (bicyclic) bond motifs is 1. The number of hydrogen-bond donors (Lipinski definition) is 0. The van der Waals surface area contributed by atoms with Crippen molar-refractivity contribution in [2.45, 2.75) is 51.4 Å². The minimum absolute atomic E-state index is 0.271. The molecule has 0 radical (unpaired) electrons. The molecule has 1 aliphatic rings. The van der Waals surface area contributed by atoms with Crippen molar-refractivity contribution in [2.24, 2.45) is 0 Å². The fourth-order valence-corrected chi connectivity index (χ4v) is 3.84. The minimum atomic E-state index is 0.271. The normalized spacial score (nSPS) is 19.1. The van der Waals surface area contributed by atoms with Crippen molar-refractivity contribution in [3.05, 3.63) is 58.1 Å². The highest BCUT2D eigenvalue weighted by Crippen LogP contribution is 2.46. The lowest BCUT2D eigenvalue weighted by Gasteiger charge is -2.42. The lowest BCUT2D eigenvalue weighted by molar-refractivity contribution is 0.332. The molecule has 0 spiro atoms. The molecular formula is C20H23Br. The summed E-state index contributed by atoms with van der Waals surface area (Å²) in [6.07, 6.45) is 2.53. The monoisotopic (exact) mass is 342 g/mol. The van der Waals surface area contributed by atoms with E-state index in [1.807, 2.05) is 0 Å². The van der Waals surface area contributed by atoms with E-state index in [-0.39, 0.29) is 5.41 Å². The van der Waals surface area contributed by atoms with Crippen molar-refractivity contribution >= 4 is 15.9 Å². The molecule has 2 aromatic rings. The summed E-state index contributed by atoms with van der Waals surface area (Å²) in [5.41, 5.74) is 6.22. The molecule has 0 saturated heterocycles. The van der Waals surface area contributed by atoms with Gasteiger partial charge in [0, 0.05) is 4.47 Å². The van der Waals surface area contributed by atoms with Crippen molar-refractivity contribution in [2.75, 3.05) is 0 Å². The van der Waals surface area contributed by atoms with E-state index in [1.54, 1.807) is 0 Å². The molecule has 0 heterocycles. The fraction of sp³-hybridized carbons (Fsp3) is 0.400. The lowest BCUT2D eigenvalue weighted by atomic mass is 9.63. The van der Waals surface area contributed by atoms with E-state index in [9.17, 15) is 0 Å². The van der Waals surface area contributed by atoms with Crippen LogP contribution in [0.15, 0.2) is 46.9 Å². The minimum Gasteiger partial charge on any atom is -0.0605 e. The Morgan fingerprint density at radius 2 is 1.38 bits per heavy atom. The average Bonchev–Trinajstić information content (AvgIpc) is 2.44. The molecule has 0 saturated carbocycles. The van der Waals surface area contributed by atoms with Gasteiger partial charge in [-0.1, -0.05) is 74.0 Å². The largest absolute Gasteiger partial charge is 0.0605 e. The number of benzene rings is 2. The molecule has 110 valence electrons. The summed E-state index contributed by atoms with van der Waals surface area (Å²) in [7, 11) is 0. The van der Waals surface area contributed by atoms with Crippen LogP contribution in [0.3, 0.4) is 0 Å². The van der Waals surface area contributed by atoms with Gasteiger partial charge in [0.1, 0.15) is 0 Å². The van der Waals surface area contributed by atoms with Crippen LogP contribution in [-0.2, 0) is 10.8 Å². The SMILES string of the molecule is CC1(C)CCC(C)(C)c2cc(-c3cccc(Br)c3)ccc21. The van der Waals surface area contributed by atoms with Crippen LogP contribution in [0, 0.1) is 0 Å². The standard InChI is InChI=1S/C20H23Br/c1-19(2)10-11-20(3,4)18-13-15(8-9-17(18)19)14-6-5-7-16(21)12-14/h5-9,12-13H,10-11H2,1-4H3. The van der Waals surface area contributed by atoms with Crippen LogP contribution >= 0.6 is 15.9 Å². The topological polar surface area (TPSA) is 0 Å². The van der Waals surface area contributed by atoms with Gasteiger partial charge >= 0.3 is 0 Å². The van der Waals surface area contributed by atoms with Crippen LogP contribution < -0.4 is 0 Å². The van der Waals surface area contributed by atoms with E-state index in [1.165, 1.54) is 35.1 Å². The zero-order chi connectivity index (χ0) is 15.3. The molecule has 3 rings (SSSR count). The zero-order valence-corrected chi connectivity index (χ0v) is 14.9. The number of hydrogen-bond acceptors (Lipinski definition) is 0. The first-order valence-corrected chi connectivity index (χ1v) is 8.50. The van der Waals surface area contributed by atoms with E-state index < -0.39 is 0 Å². The second-order valence-electron chi connectivity index (χ2n) is 7.54. The molecule has 1 aliphatic carbocycles. The van der Waals surface area contributed by atoms with Crippen LogP contribution in [0.4, 0.5) is 0 Å². The highest BCUT2D eigenvalue weighted by atomic mass is 79.9. The van der Waals surface area contributed by atoms with Gasteiger partial charge in [0.15, 0.2) is 0 Å². The number of rotatable bonds is 1. The van der Waals surface area contributed by atoms with Gasteiger partial charge in [-0.3, -0.25) is 0 Å². The average molecular weight is 343 g/mol. The smallest absolute Gasteiger partial charge is 0.0181 e. The third-order valence-corrected chi connectivity index (χ3v) is 5.50. The Hall–Kier alpha value is -1.08. The summed E-state index contributed by atoms with van der Waals surface area (Å²) < 4.78 is 1.14. The van der Waals surface area contributed by atoms with Gasteiger partial charge in [0.2, 0.25) is 0 Å². The Kier molecular flexibility index (Phi) is 3.52. The summed E-state index contributed by atoms with van der Waals surface area (Å²) >= 11 is 3.57. The Bertz CT molecular complexity index is 680. The van der Waals surface area contributed by atoms with Gasteiger partial charge in [-0.25, -0.2) is 0 Å². The maximum Gasteiger partial charge on any atom is 0.0181 e. The molecule has 1 heteroatoms. The van der Waals surface area contributed by atoms with Gasteiger partial charge in [0.05, 0.1) is 0 Å². The summed E-state index contributed by atoms with van der Waals surface area (Å²) in [6, 6.07) is 15.6. The second kappa shape index (κ2) is 4.98. The molecule has 0 N–H and O–H groups in total. The first-order valence-electron chi connectivity index (χ1n) is 7.71. The van der Waals surface area contributed by atoms with Gasteiger partial charge < -0.3 is 0 Å². The Morgan fingerprint density at radius 1 is 0.762 bits per heavy atom. The summed E-state index contributed by atoms with van der Waals surface area (Å²) in [6.45, 7) is 9.51. The van der Waals surface area contributed by atoms with Crippen LogP contribution in [0.5, 0.6) is 0 Å². The van der Waals surface area contributed by atoms with E-state index in [0.717, 1.165) is 4.47 Å². The summed E-state index contributed by atoms with van der Waals surface area (Å²) in [5.74, 6) is 0. The molecule has 0 atom stereocenters. The highest BCUT2D eigenvalue weighted by Gasteiger charge is 2.36. The zero-order valence-electron chi connectivity index (χ0n) is 13.3. The predicted molar refractivity (Wildman–Crippen MR) is 94.9 cm³/mol. The van der Waals surface area contributed by atoms with Crippen LogP contribution in [-0.4, -0.2) is 0 Å². The molecule has 21 heavy (non-hydrogen) atoms. The van der Waals surface area contributed by atoms with Crippen molar-refractivity contribution < 1.29 is 0 Å². The van der Waals surface area contributed by atoms with Crippen molar-refractivity contribution in [1.29, 1.82) is 0 Å². The Labute approximate surface area is 136 Å². The van der Waals surface area contributed by atoms with Crippen LogP contribution in [0.2, 0.25) is 0 Å². The summed E-state index contributed by atoms with van der Waals surface area (Å²) in [5, 5.41) is 0. The van der Waals surface area contributed by atoms with E-state index in [2.05, 4.69) is 86.1 Å². The molecule has 0 bridgehead atoms. The molecule has 0 nitrogen and oxygen atoms in total. The third kappa shape index (κ3) is 2.68. The molecular weight excluding hydrogens is 320 g/mol. The maximum absolute atomic E-state index is 3.57. The molecule has 0 fully saturated rings. The van der Waals surface area contributed by atoms with Gasteiger partial charge in [0.25, 0.3) is 0 Å². The highest BCUT2D eigenvalue weighted by molar-refractivity contribution is 9.10. The first-order chi connectivity index (χ1) is 9.79. The first kappa shape index (κ1) is 14.8. The van der Waals surface area contributed by atoms with Crippen LogP contribution in [0.1, 0.15) is 51.7 Å². The van der Waals surface area contributed by atoms with Crippen molar-refractivity contribution in [1.82, 2.24) is 0 Å². The third-order valence-electron chi connectivity index (χ3n) is 5.01. The lowest BCUT2D eigenvalue weighted by Crippen LogP contribution is -2.33. The quantitative estimate of drug-likeness (QED) is 0.557. The Morgan fingerprint density at radius 3 is 2.05 bits per heavy atom.